The number of benzene rings is 1. The third-order valence-corrected chi connectivity index (χ3v) is 3.22. The highest BCUT2D eigenvalue weighted by Crippen LogP contribution is 2.17. The van der Waals surface area contributed by atoms with Crippen molar-refractivity contribution < 1.29 is 4.74 Å². The molecule has 0 saturated heterocycles. The van der Waals surface area contributed by atoms with E-state index in [1.54, 1.807) is 6.08 Å². The topological polar surface area (TPSA) is 21.3 Å². The van der Waals surface area contributed by atoms with Crippen LogP contribution in [0, 0.1) is 0 Å². The normalized spacial score (nSPS) is 12.1. The van der Waals surface area contributed by atoms with Crippen LogP contribution in [0.2, 0.25) is 0 Å². The lowest BCUT2D eigenvalue weighted by atomic mass is 10.2. The Labute approximate surface area is 108 Å². The lowest BCUT2D eigenvalue weighted by Gasteiger charge is -2.15. The summed E-state index contributed by atoms with van der Waals surface area (Å²) in [6.45, 7) is 7.25. The fourth-order valence-electron chi connectivity index (χ4n) is 1.53. The van der Waals surface area contributed by atoms with Gasteiger partial charge in [0.2, 0.25) is 0 Å². The molecule has 1 aromatic rings. The molecule has 3 heteroatoms. The summed E-state index contributed by atoms with van der Waals surface area (Å²) < 4.78 is 5.62. The van der Waals surface area contributed by atoms with E-state index >= 15 is 0 Å². The van der Waals surface area contributed by atoms with Gasteiger partial charge in [0.05, 0.1) is 0 Å². The fourth-order valence-corrected chi connectivity index (χ4v) is 2.15. The number of para-hydroxylation sites is 1. The summed E-state index contributed by atoms with van der Waals surface area (Å²) in [5.74, 6) is 2.06. The molecule has 94 valence electrons. The van der Waals surface area contributed by atoms with E-state index < -0.39 is 0 Å². The molecule has 0 aliphatic carbocycles. The van der Waals surface area contributed by atoms with Crippen LogP contribution in [0.3, 0.4) is 0 Å². The largest absolute Gasteiger partial charge is 0.489 e. The molecule has 0 amide bonds. The van der Waals surface area contributed by atoms with Gasteiger partial charge >= 0.3 is 0 Å². The number of hydrogen-bond acceptors (Lipinski definition) is 3. The Morgan fingerprint density at radius 1 is 1.47 bits per heavy atom. The first-order chi connectivity index (χ1) is 8.27. The van der Waals surface area contributed by atoms with Crippen LogP contribution < -0.4 is 10.1 Å². The summed E-state index contributed by atoms with van der Waals surface area (Å²) in [5, 5.41) is 3.49. The van der Waals surface area contributed by atoms with Gasteiger partial charge in [0.25, 0.3) is 0 Å². The van der Waals surface area contributed by atoms with E-state index in [0.29, 0.717) is 12.6 Å². The van der Waals surface area contributed by atoms with E-state index in [1.165, 1.54) is 5.56 Å². The zero-order valence-corrected chi connectivity index (χ0v) is 11.4. The molecule has 0 radical (unpaired) electrons. The minimum absolute atomic E-state index is 0.512. The zero-order valence-electron chi connectivity index (χ0n) is 10.6. The molecular weight excluding hydrogens is 230 g/mol. The van der Waals surface area contributed by atoms with E-state index in [2.05, 4.69) is 31.1 Å². The van der Waals surface area contributed by atoms with E-state index in [4.69, 9.17) is 4.74 Å². The third-order valence-electron chi connectivity index (χ3n) is 2.39. The van der Waals surface area contributed by atoms with E-state index in [1.807, 2.05) is 30.0 Å². The first-order valence-corrected chi connectivity index (χ1v) is 7.21. The van der Waals surface area contributed by atoms with Crippen molar-refractivity contribution in [2.75, 3.05) is 18.6 Å². The average Bonchev–Trinajstić information content (AvgIpc) is 2.35. The van der Waals surface area contributed by atoms with Crippen LogP contribution in [0.5, 0.6) is 5.75 Å². The smallest absolute Gasteiger partial charge is 0.124 e. The summed E-state index contributed by atoms with van der Waals surface area (Å²) in [6.07, 6.45) is 3.89. The van der Waals surface area contributed by atoms with Gasteiger partial charge in [0, 0.05) is 23.9 Å². The van der Waals surface area contributed by atoms with Gasteiger partial charge in [-0.25, -0.2) is 0 Å². The van der Waals surface area contributed by atoms with Crippen molar-refractivity contribution in [1.82, 2.24) is 5.32 Å². The van der Waals surface area contributed by atoms with E-state index in [-0.39, 0.29) is 0 Å². The SMILES string of the molecule is C=CCOc1ccccc1CNC(C)CSC. The second-order valence-corrected chi connectivity index (χ2v) is 4.86. The molecule has 1 N–H and O–H groups in total. The molecule has 0 bridgehead atoms. The second kappa shape index (κ2) is 8.20. The summed E-state index contributed by atoms with van der Waals surface area (Å²) in [4.78, 5) is 0. The number of thioether (sulfide) groups is 1. The van der Waals surface area contributed by atoms with Crippen molar-refractivity contribution >= 4 is 11.8 Å². The van der Waals surface area contributed by atoms with Crippen molar-refractivity contribution in [1.29, 1.82) is 0 Å². The summed E-state index contributed by atoms with van der Waals surface area (Å²) >= 11 is 1.86. The van der Waals surface area contributed by atoms with E-state index in [0.717, 1.165) is 18.0 Å². The van der Waals surface area contributed by atoms with Gasteiger partial charge in [-0.05, 0) is 19.2 Å². The standard InChI is InChI=1S/C14H21NOS/c1-4-9-16-14-8-6-5-7-13(14)10-15-12(2)11-17-3/h4-8,12,15H,1,9-11H2,2-3H3. The Kier molecular flexibility index (Phi) is 6.82. The molecule has 1 atom stereocenters. The number of hydrogen-bond donors (Lipinski definition) is 1. The van der Waals surface area contributed by atoms with Crippen molar-refractivity contribution in [2.24, 2.45) is 0 Å². The fraction of sp³-hybridized carbons (Fsp3) is 0.429. The third kappa shape index (κ3) is 5.29. The highest BCUT2D eigenvalue weighted by atomic mass is 32.2. The highest BCUT2D eigenvalue weighted by molar-refractivity contribution is 7.98. The van der Waals surface area contributed by atoms with E-state index in [9.17, 15) is 0 Å². The molecule has 0 aliphatic heterocycles. The molecule has 1 rings (SSSR count). The van der Waals surface area contributed by atoms with Crippen LogP contribution in [0.1, 0.15) is 12.5 Å². The summed E-state index contributed by atoms with van der Waals surface area (Å²) in [6, 6.07) is 8.64. The number of rotatable bonds is 8. The van der Waals surface area contributed by atoms with Gasteiger partial charge < -0.3 is 10.1 Å². The predicted molar refractivity (Wildman–Crippen MR) is 76.8 cm³/mol. The quantitative estimate of drug-likeness (QED) is 0.717. The minimum Gasteiger partial charge on any atom is -0.489 e. The monoisotopic (exact) mass is 251 g/mol. The number of ether oxygens (including phenoxy) is 1. The molecule has 0 fully saturated rings. The predicted octanol–water partition coefficient (Wildman–Crippen LogP) is 3.09. The van der Waals surface area contributed by atoms with Crippen molar-refractivity contribution in [3.8, 4) is 5.75 Å². The first-order valence-electron chi connectivity index (χ1n) is 5.81. The maximum absolute atomic E-state index is 5.62. The van der Waals surface area contributed by atoms with Gasteiger partial charge in [0.1, 0.15) is 12.4 Å². The maximum atomic E-state index is 5.62. The van der Waals surface area contributed by atoms with Crippen molar-refractivity contribution in [3.05, 3.63) is 42.5 Å². The molecule has 0 heterocycles. The van der Waals surface area contributed by atoms with Gasteiger partial charge in [-0.15, -0.1) is 0 Å². The Hall–Kier alpha value is -0.930. The molecule has 0 aliphatic rings. The van der Waals surface area contributed by atoms with Crippen molar-refractivity contribution in [3.63, 3.8) is 0 Å². The minimum atomic E-state index is 0.512. The maximum Gasteiger partial charge on any atom is 0.124 e. The van der Waals surface area contributed by atoms with Crippen LogP contribution in [-0.4, -0.2) is 24.7 Å². The van der Waals surface area contributed by atoms with Gasteiger partial charge in [-0.2, -0.15) is 11.8 Å². The molecule has 1 unspecified atom stereocenters. The Balaban J connectivity index is 2.53. The van der Waals surface area contributed by atoms with Gasteiger partial charge in [0.15, 0.2) is 0 Å². The Bertz CT molecular complexity index is 341. The van der Waals surface area contributed by atoms with Crippen LogP contribution in [0.15, 0.2) is 36.9 Å². The summed E-state index contributed by atoms with van der Waals surface area (Å²) in [7, 11) is 0. The van der Waals surface area contributed by atoms with Crippen LogP contribution in [0.4, 0.5) is 0 Å². The highest BCUT2D eigenvalue weighted by Gasteiger charge is 2.04. The van der Waals surface area contributed by atoms with Crippen molar-refractivity contribution in [2.45, 2.75) is 19.5 Å². The molecule has 0 saturated carbocycles. The van der Waals surface area contributed by atoms with Crippen LogP contribution in [0.25, 0.3) is 0 Å². The second-order valence-electron chi connectivity index (χ2n) is 3.94. The first kappa shape index (κ1) is 14.1. The van der Waals surface area contributed by atoms with Crippen LogP contribution >= 0.6 is 11.8 Å². The molecule has 2 nitrogen and oxygen atoms in total. The zero-order chi connectivity index (χ0) is 12.5. The molecule has 17 heavy (non-hydrogen) atoms. The van der Waals surface area contributed by atoms with Crippen LogP contribution in [-0.2, 0) is 6.54 Å². The molecule has 1 aromatic carbocycles. The Morgan fingerprint density at radius 3 is 2.94 bits per heavy atom. The molecule has 0 aromatic heterocycles. The molecular formula is C14H21NOS. The summed E-state index contributed by atoms with van der Waals surface area (Å²) in [5.41, 5.74) is 1.20. The van der Waals surface area contributed by atoms with Gasteiger partial charge in [-0.1, -0.05) is 30.9 Å². The number of nitrogens with one attached hydrogen (secondary N) is 1. The Morgan fingerprint density at radius 2 is 2.24 bits per heavy atom. The molecule has 0 spiro atoms. The average molecular weight is 251 g/mol. The lowest BCUT2D eigenvalue weighted by Crippen LogP contribution is -2.27. The lowest BCUT2D eigenvalue weighted by molar-refractivity contribution is 0.357. The van der Waals surface area contributed by atoms with Gasteiger partial charge in [-0.3, -0.25) is 0 Å².